The minimum atomic E-state index is -0.263. The Morgan fingerprint density at radius 3 is 2.34 bits per heavy atom. The zero-order chi connectivity index (χ0) is 20.8. The van der Waals surface area contributed by atoms with Gasteiger partial charge in [0.05, 0.1) is 38.3 Å². The monoisotopic (exact) mass is 433 g/mol. The van der Waals surface area contributed by atoms with Crippen LogP contribution in [0, 0.1) is 0 Å². The van der Waals surface area contributed by atoms with E-state index in [0.717, 1.165) is 0 Å². The number of hydrogen-bond donors (Lipinski definition) is 2. The lowest BCUT2D eigenvalue weighted by atomic mass is 10.2. The van der Waals surface area contributed by atoms with Crippen LogP contribution in [-0.2, 0) is 11.2 Å². The van der Waals surface area contributed by atoms with E-state index in [-0.39, 0.29) is 18.2 Å². The van der Waals surface area contributed by atoms with E-state index in [2.05, 4.69) is 15.6 Å². The zero-order valence-electron chi connectivity index (χ0n) is 16.0. The van der Waals surface area contributed by atoms with E-state index in [9.17, 15) is 9.59 Å². The molecule has 1 aromatic carbocycles. The maximum absolute atomic E-state index is 12.4. The third kappa shape index (κ3) is 5.04. The molecule has 0 aliphatic heterocycles. The van der Waals surface area contributed by atoms with Gasteiger partial charge in [0.1, 0.15) is 0 Å². The van der Waals surface area contributed by atoms with Crippen molar-refractivity contribution in [3.05, 3.63) is 45.6 Å². The third-order valence-electron chi connectivity index (χ3n) is 3.81. The van der Waals surface area contributed by atoms with E-state index in [4.69, 9.17) is 14.2 Å². The average molecular weight is 434 g/mol. The topological polar surface area (TPSA) is 98.8 Å². The lowest BCUT2D eigenvalue weighted by molar-refractivity contribution is -0.115. The molecular formula is C19H19N3O5S2. The predicted molar refractivity (Wildman–Crippen MR) is 113 cm³/mol. The number of nitrogens with zero attached hydrogens (tertiary/aromatic N) is 1. The summed E-state index contributed by atoms with van der Waals surface area (Å²) in [7, 11) is 4.52. The molecule has 152 valence electrons. The van der Waals surface area contributed by atoms with Crippen molar-refractivity contribution in [3.8, 4) is 17.2 Å². The molecule has 0 aliphatic rings. The van der Waals surface area contributed by atoms with Crippen molar-refractivity contribution in [2.75, 3.05) is 32.0 Å². The molecule has 0 unspecified atom stereocenters. The van der Waals surface area contributed by atoms with Gasteiger partial charge in [-0.15, -0.1) is 22.7 Å². The van der Waals surface area contributed by atoms with E-state index in [1.807, 2.05) is 5.38 Å². The number of amides is 2. The number of methoxy groups -OCH3 is 3. The molecule has 2 aromatic heterocycles. The minimum absolute atomic E-state index is 0.0576. The third-order valence-corrected chi connectivity index (χ3v) is 5.48. The van der Waals surface area contributed by atoms with Gasteiger partial charge in [-0.2, -0.15) is 0 Å². The standard InChI is InChI=1S/C19H19N3O5S2/c1-25-13-7-11(8-14(26-2)17(13)27-3)20-16(23)9-12-10-29-19(21-12)22-18(24)15-5-4-6-28-15/h4-8,10H,9H2,1-3H3,(H,20,23)(H,21,22,24). The molecule has 0 aliphatic carbocycles. The highest BCUT2D eigenvalue weighted by Crippen LogP contribution is 2.39. The van der Waals surface area contributed by atoms with Crippen molar-refractivity contribution in [3.63, 3.8) is 0 Å². The number of hydrogen-bond acceptors (Lipinski definition) is 8. The van der Waals surface area contributed by atoms with Crippen LogP contribution in [0.3, 0.4) is 0 Å². The molecule has 2 heterocycles. The van der Waals surface area contributed by atoms with Crippen LogP contribution >= 0.6 is 22.7 Å². The summed E-state index contributed by atoms with van der Waals surface area (Å²) in [6.45, 7) is 0. The number of aromatic nitrogens is 1. The van der Waals surface area contributed by atoms with E-state index >= 15 is 0 Å². The van der Waals surface area contributed by atoms with Gasteiger partial charge in [0.25, 0.3) is 5.91 Å². The number of anilines is 2. The first-order valence-electron chi connectivity index (χ1n) is 8.43. The second-order valence-corrected chi connectivity index (χ2v) is 7.52. The fraction of sp³-hybridized carbons (Fsp3) is 0.211. The Balaban J connectivity index is 1.64. The number of ether oxygens (including phenoxy) is 3. The first kappa shape index (κ1) is 20.6. The first-order chi connectivity index (χ1) is 14.0. The lowest BCUT2D eigenvalue weighted by Gasteiger charge is -2.14. The Morgan fingerprint density at radius 2 is 1.76 bits per heavy atom. The smallest absolute Gasteiger partial charge is 0.267 e. The quantitative estimate of drug-likeness (QED) is 0.562. The van der Waals surface area contributed by atoms with Crippen LogP contribution in [-0.4, -0.2) is 38.1 Å². The number of thiophene rings is 1. The first-order valence-corrected chi connectivity index (χ1v) is 10.2. The highest BCUT2D eigenvalue weighted by molar-refractivity contribution is 7.14. The summed E-state index contributed by atoms with van der Waals surface area (Å²) in [5.74, 6) is 0.839. The van der Waals surface area contributed by atoms with Gasteiger partial charge in [0.15, 0.2) is 16.6 Å². The molecule has 10 heteroatoms. The van der Waals surface area contributed by atoms with Crippen molar-refractivity contribution in [1.29, 1.82) is 0 Å². The van der Waals surface area contributed by atoms with E-state index < -0.39 is 0 Å². The molecule has 8 nitrogen and oxygen atoms in total. The maximum atomic E-state index is 12.4. The van der Waals surface area contributed by atoms with Gasteiger partial charge in [0, 0.05) is 23.2 Å². The van der Waals surface area contributed by atoms with Crippen LogP contribution < -0.4 is 24.8 Å². The molecule has 0 spiro atoms. The predicted octanol–water partition coefficient (Wildman–Crippen LogP) is 3.66. The molecular weight excluding hydrogens is 414 g/mol. The average Bonchev–Trinajstić information content (AvgIpc) is 3.39. The number of carbonyl (C=O) groups excluding carboxylic acids is 2. The molecule has 0 atom stereocenters. The molecule has 0 saturated heterocycles. The number of benzene rings is 1. The maximum Gasteiger partial charge on any atom is 0.267 e. The SMILES string of the molecule is COc1cc(NC(=O)Cc2csc(NC(=O)c3cccs3)n2)cc(OC)c1OC. The number of rotatable bonds is 8. The van der Waals surface area contributed by atoms with Crippen molar-refractivity contribution in [2.45, 2.75) is 6.42 Å². The van der Waals surface area contributed by atoms with E-state index in [0.29, 0.717) is 38.6 Å². The Hall–Kier alpha value is -3.11. The Labute approximate surface area is 175 Å². The Morgan fingerprint density at radius 1 is 1.03 bits per heavy atom. The summed E-state index contributed by atoms with van der Waals surface area (Å²) in [5, 5.41) is 9.53. The molecule has 2 amide bonds. The fourth-order valence-corrected chi connectivity index (χ4v) is 3.86. The van der Waals surface area contributed by atoms with Gasteiger partial charge in [0.2, 0.25) is 11.7 Å². The Bertz CT molecular complexity index is 976. The number of carbonyl (C=O) groups is 2. The highest BCUT2D eigenvalue weighted by Gasteiger charge is 2.16. The van der Waals surface area contributed by atoms with Crippen LogP contribution in [0.5, 0.6) is 17.2 Å². The van der Waals surface area contributed by atoms with E-state index in [1.54, 1.807) is 29.6 Å². The van der Waals surface area contributed by atoms with Crippen LogP contribution in [0.2, 0.25) is 0 Å². The molecule has 29 heavy (non-hydrogen) atoms. The fourth-order valence-electron chi connectivity index (χ4n) is 2.53. The summed E-state index contributed by atoms with van der Waals surface area (Å²) in [6, 6.07) is 6.83. The number of thiazole rings is 1. The van der Waals surface area contributed by atoms with Crippen LogP contribution in [0.4, 0.5) is 10.8 Å². The molecule has 0 saturated carbocycles. The molecule has 2 N–H and O–H groups in total. The number of nitrogens with one attached hydrogen (secondary N) is 2. The van der Waals surface area contributed by atoms with Crippen molar-refractivity contribution < 1.29 is 23.8 Å². The second-order valence-electron chi connectivity index (χ2n) is 5.71. The van der Waals surface area contributed by atoms with Crippen LogP contribution in [0.15, 0.2) is 35.0 Å². The van der Waals surface area contributed by atoms with Crippen molar-refractivity contribution >= 4 is 45.3 Å². The van der Waals surface area contributed by atoms with E-state index in [1.165, 1.54) is 44.0 Å². The van der Waals surface area contributed by atoms with Gasteiger partial charge in [-0.25, -0.2) is 4.98 Å². The van der Waals surface area contributed by atoms with Gasteiger partial charge in [-0.3, -0.25) is 14.9 Å². The molecule has 0 fully saturated rings. The summed E-state index contributed by atoms with van der Waals surface area (Å²) >= 11 is 2.61. The van der Waals surface area contributed by atoms with Crippen LogP contribution in [0.25, 0.3) is 0 Å². The molecule has 3 rings (SSSR count). The van der Waals surface area contributed by atoms with Gasteiger partial charge >= 0.3 is 0 Å². The zero-order valence-corrected chi connectivity index (χ0v) is 17.6. The largest absolute Gasteiger partial charge is 0.493 e. The van der Waals surface area contributed by atoms with Crippen LogP contribution in [0.1, 0.15) is 15.4 Å². The molecule has 3 aromatic rings. The summed E-state index contributed by atoms with van der Waals surface area (Å²) in [5.41, 5.74) is 1.06. The van der Waals surface area contributed by atoms with Gasteiger partial charge < -0.3 is 19.5 Å². The van der Waals surface area contributed by atoms with Gasteiger partial charge in [-0.05, 0) is 11.4 Å². The lowest BCUT2D eigenvalue weighted by Crippen LogP contribution is -2.15. The van der Waals surface area contributed by atoms with Gasteiger partial charge in [-0.1, -0.05) is 6.07 Å². The van der Waals surface area contributed by atoms with Crippen molar-refractivity contribution in [1.82, 2.24) is 4.98 Å². The highest BCUT2D eigenvalue weighted by atomic mass is 32.1. The summed E-state index contributed by atoms with van der Waals surface area (Å²) < 4.78 is 15.8. The normalized spacial score (nSPS) is 10.3. The Kier molecular flexibility index (Phi) is 6.68. The molecule has 0 radical (unpaired) electrons. The summed E-state index contributed by atoms with van der Waals surface area (Å²) in [4.78, 5) is 29.4. The molecule has 0 bridgehead atoms. The van der Waals surface area contributed by atoms with Crippen molar-refractivity contribution in [2.24, 2.45) is 0 Å². The summed E-state index contributed by atoms with van der Waals surface area (Å²) in [6.07, 6.45) is 0.0576. The minimum Gasteiger partial charge on any atom is -0.493 e. The second kappa shape index (κ2) is 9.39.